The van der Waals surface area contributed by atoms with Crippen molar-refractivity contribution in [2.24, 2.45) is 0 Å². The van der Waals surface area contributed by atoms with Crippen molar-refractivity contribution in [3.8, 4) is 0 Å². The fraction of sp³-hybridized carbons (Fsp3) is 0.632. The first kappa shape index (κ1) is 21.1. The second kappa shape index (κ2) is 8.67. The fourth-order valence-electron chi connectivity index (χ4n) is 3.02. The number of carbonyl (C=O) groups excluding carboxylic acids is 3. The van der Waals surface area contributed by atoms with Gasteiger partial charge in [0.05, 0.1) is 0 Å². The summed E-state index contributed by atoms with van der Waals surface area (Å²) in [7, 11) is 0. The molecule has 0 aliphatic carbocycles. The van der Waals surface area contributed by atoms with Crippen LogP contribution < -0.4 is 0 Å². The molecule has 0 aromatic rings. The predicted molar refractivity (Wildman–Crippen MR) is 93.4 cm³/mol. The van der Waals surface area contributed by atoms with E-state index < -0.39 is 54.2 Å². The van der Waals surface area contributed by atoms with Crippen molar-refractivity contribution in [3.05, 3.63) is 24.3 Å². The van der Waals surface area contributed by atoms with Gasteiger partial charge in [0.2, 0.25) is 0 Å². The first-order valence-electron chi connectivity index (χ1n) is 8.83. The summed E-state index contributed by atoms with van der Waals surface area (Å²) in [6.07, 6.45) is 3.89. The van der Waals surface area contributed by atoms with Crippen molar-refractivity contribution < 1.29 is 38.1 Å². The highest BCUT2D eigenvalue weighted by molar-refractivity contribution is 5.82. The summed E-state index contributed by atoms with van der Waals surface area (Å²) in [6.45, 7) is 7.71. The van der Waals surface area contributed by atoms with Gasteiger partial charge in [-0.15, -0.1) is 0 Å². The Morgan fingerprint density at radius 1 is 1.22 bits per heavy atom. The van der Waals surface area contributed by atoms with Gasteiger partial charge in [0, 0.05) is 26.3 Å². The molecule has 0 amide bonds. The highest BCUT2D eigenvalue weighted by Gasteiger charge is 2.45. The van der Waals surface area contributed by atoms with Crippen molar-refractivity contribution in [1.82, 2.24) is 0 Å². The second-order valence-corrected chi connectivity index (χ2v) is 6.95. The molecule has 2 aliphatic heterocycles. The van der Waals surface area contributed by atoms with Crippen molar-refractivity contribution in [2.75, 3.05) is 0 Å². The molecule has 2 aliphatic rings. The van der Waals surface area contributed by atoms with Gasteiger partial charge in [0.25, 0.3) is 0 Å². The molecule has 150 valence electrons. The Morgan fingerprint density at radius 2 is 1.89 bits per heavy atom. The largest absolute Gasteiger partial charge is 0.459 e. The normalized spacial score (nSPS) is 29.2. The molecule has 0 radical (unpaired) electrons. The van der Waals surface area contributed by atoms with Crippen LogP contribution in [0.2, 0.25) is 0 Å². The minimum Gasteiger partial charge on any atom is -0.459 e. The van der Waals surface area contributed by atoms with Crippen molar-refractivity contribution in [2.45, 2.75) is 77.3 Å². The summed E-state index contributed by atoms with van der Waals surface area (Å²) in [5.41, 5.74) is 0. The van der Waals surface area contributed by atoms with E-state index in [0.717, 1.165) is 0 Å². The van der Waals surface area contributed by atoms with Crippen LogP contribution in [0, 0.1) is 0 Å². The summed E-state index contributed by atoms with van der Waals surface area (Å²) in [5, 5.41) is 0. The third-order valence-corrected chi connectivity index (χ3v) is 4.03. The molecule has 0 spiro atoms. The number of hydrogen-bond donors (Lipinski definition) is 0. The molecule has 1 fully saturated rings. The number of carbonyl (C=O) groups is 3. The first-order valence-corrected chi connectivity index (χ1v) is 8.83. The lowest BCUT2D eigenvalue weighted by molar-refractivity contribution is -0.168. The summed E-state index contributed by atoms with van der Waals surface area (Å²) < 4.78 is 27.5. The Balaban J connectivity index is 2.15. The van der Waals surface area contributed by atoms with E-state index in [1.54, 1.807) is 39.0 Å². The molecule has 0 unspecified atom stereocenters. The lowest BCUT2D eigenvalue weighted by Gasteiger charge is -2.26. The molecule has 2 heterocycles. The van der Waals surface area contributed by atoms with Gasteiger partial charge in [-0.2, -0.15) is 0 Å². The highest BCUT2D eigenvalue weighted by atomic mass is 16.8. The second-order valence-electron chi connectivity index (χ2n) is 6.95. The van der Waals surface area contributed by atoms with E-state index in [1.807, 2.05) is 0 Å². The van der Waals surface area contributed by atoms with Gasteiger partial charge in [-0.05, 0) is 26.8 Å². The van der Waals surface area contributed by atoms with E-state index >= 15 is 0 Å². The standard InChI is InChI=1S/C19H26O8/c1-11(23-12(2)20)14(24-13(3)21)9-10-16-18(27-19(4,5)26-16)15-7-6-8-17(22)25-15/h6,8-11,14-16,18H,7H2,1-5H3/b10-9+/t11-,14+,15+,16+,18+/m0/s1. The third kappa shape index (κ3) is 6.18. The Bertz CT molecular complexity index is 636. The Hall–Kier alpha value is -2.19. The summed E-state index contributed by atoms with van der Waals surface area (Å²) in [6, 6.07) is 0. The number of esters is 3. The van der Waals surface area contributed by atoms with E-state index in [9.17, 15) is 14.4 Å². The maximum atomic E-state index is 11.5. The van der Waals surface area contributed by atoms with Gasteiger partial charge in [-0.1, -0.05) is 12.2 Å². The molecule has 27 heavy (non-hydrogen) atoms. The van der Waals surface area contributed by atoms with Crippen LogP contribution >= 0.6 is 0 Å². The SMILES string of the molecule is CC(=O)O[C@@H](C)[C@@H](/C=C/[C@H]1OC(C)(C)O[C@@H]1[C@H]1CC=CC(=O)O1)OC(C)=O. The van der Waals surface area contributed by atoms with Crippen LogP contribution in [0.1, 0.15) is 41.0 Å². The topological polar surface area (TPSA) is 97.4 Å². The Labute approximate surface area is 158 Å². The molecule has 8 heteroatoms. The number of cyclic esters (lactones) is 1. The molecule has 5 atom stereocenters. The van der Waals surface area contributed by atoms with E-state index in [1.165, 1.54) is 19.9 Å². The van der Waals surface area contributed by atoms with Crippen LogP contribution in [-0.2, 0) is 38.1 Å². The van der Waals surface area contributed by atoms with Gasteiger partial charge >= 0.3 is 17.9 Å². The summed E-state index contributed by atoms with van der Waals surface area (Å²) >= 11 is 0. The van der Waals surface area contributed by atoms with E-state index in [-0.39, 0.29) is 0 Å². The van der Waals surface area contributed by atoms with Crippen molar-refractivity contribution in [3.63, 3.8) is 0 Å². The molecule has 0 saturated carbocycles. The quantitative estimate of drug-likeness (QED) is 0.390. The van der Waals surface area contributed by atoms with Crippen LogP contribution in [0.25, 0.3) is 0 Å². The Kier molecular flexibility index (Phi) is 6.78. The maximum Gasteiger partial charge on any atom is 0.330 e. The zero-order valence-corrected chi connectivity index (χ0v) is 16.2. The van der Waals surface area contributed by atoms with Crippen molar-refractivity contribution >= 4 is 17.9 Å². The smallest absolute Gasteiger partial charge is 0.330 e. The van der Waals surface area contributed by atoms with Crippen LogP contribution in [0.3, 0.4) is 0 Å². The monoisotopic (exact) mass is 382 g/mol. The molecule has 0 aromatic carbocycles. The number of hydrogen-bond acceptors (Lipinski definition) is 8. The van der Waals surface area contributed by atoms with E-state index in [2.05, 4.69) is 0 Å². The molecule has 1 saturated heterocycles. The molecule has 0 bridgehead atoms. The number of rotatable bonds is 6. The third-order valence-electron chi connectivity index (χ3n) is 4.03. The zero-order valence-electron chi connectivity index (χ0n) is 16.2. The lowest BCUT2D eigenvalue weighted by atomic mass is 10.0. The minimum atomic E-state index is -0.869. The lowest BCUT2D eigenvalue weighted by Crippen LogP contribution is -2.39. The van der Waals surface area contributed by atoms with Crippen molar-refractivity contribution in [1.29, 1.82) is 0 Å². The molecule has 2 rings (SSSR count). The van der Waals surface area contributed by atoms with Gasteiger partial charge in [-0.3, -0.25) is 9.59 Å². The average Bonchev–Trinajstić information content (AvgIpc) is 2.85. The first-order chi connectivity index (χ1) is 12.6. The van der Waals surface area contributed by atoms with Gasteiger partial charge in [0.15, 0.2) is 11.9 Å². The summed E-state index contributed by atoms with van der Waals surface area (Å²) in [4.78, 5) is 34.1. The van der Waals surface area contributed by atoms with Gasteiger partial charge in [0.1, 0.15) is 24.4 Å². The molecular formula is C19H26O8. The molecule has 8 nitrogen and oxygen atoms in total. The predicted octanol–water partition coefficient (Wildman–Crippen LogP) is 1.82. The van der Waals surface area contributed by atoms with Gasteiger partial charge < -0.3 is 23.7 Å². The van der Waals surface area contributed by atoms with Crippen LogP contribution in [0.15, 0.2) is 24.3 Å². The molecular weight excluding hydrogens is 356 g/mol. The Morgan fingerprint density at radius 3 is 2.48 bits per heavy atom. The fourth-order valence-corrected chi connectivity index (χ4v) is 3.02. The number of ether oxygens (including phenoxy) is 5. The molecule has 0 aromatic heterocycles. The van der Waals surface area contributed by atoms with Crippen LogP contribution in [0.5, 0.6) is 0 Å². The maximum absolute atomic E-state index is 11.5. The van der Waals surface area contributed by atoms with E-state index in [0.29, 0.717) is 6.42 Å². The summed E-state index contributed by atoms with van der Waals surface area (Å²) in [5.74, 6) is -2.28. The van der Waals surface area contributed by atoms with Crippen LogP contribution in [0.4, 0.5) is 0 Å². The van der Waals surface area contributed by atoms with Gasteiger partial charge in [-0.25, -0.2) is 4.79 Å². The highest BCUT2D eigenvalue weighted by Crippen LogP contribution is 2.33. The molecule has 0 N–H and O–H groups in total. The zero-order chi connectivity index (χ0) is 20.2. The average molecular weight is 382 g/mol. The van der Waals surface area contributed by atoms with Crippen LogP contribution in [-0.4, -0.2) is 54.2 Å². The minimum absolute atomic E-state index is 0.427. The van der Waals surface area contributed by atoms with E-state index in [4.69, 9.17) is 23.7 Å².